The minimum absolute atomic E-state index is 0.147. The van der Waals surface area contributed by atoms with Crippen molar-refractivity contribution in [2.45, 2.75) is 18.6 Å². The lowest BCUT2D eigenvalue weighted by Gasteiger charge is -2.07. The number of carbonyl (C=O) groups excluding carboxylic acids is 1. The molecular formula is C12H13Cl2N5OS. The Bertz CT molecular complexity index is 661. The standard InChI is InChI=1S/C12H13Cl2N5OS/c1-7-17-18-12(19(7)15)21-6-11(20)16-5-8-2-3-9(13)4-10(8)14/h2-4H,5-6,15H2,1H3,(H,16,20). The molecule has 0 radical (unpaired) electrons. The molecular weight excluding hydrogens is 333 g/mol. The van der Waals surface area contributed by atoms with Crippen molar-refractivity contribution in [2.75, 3.05) is 11.6 Å². The summed E-state index contributed by atoms with van der Waals surface area (Å²) in [6.07, 6.45) is 0. The molecule has 1 heterocycles. The molecule has 0 bridgehead atoms. The minimum atomic E-state index is -0.147. The molecule has 2 aromatic rings. The van der Waals surface area contributed by atoms with Gasteiger partial charge >= 0.3 is 0 Å². The average molecular weight is 346 g/mol. The predicted octanol–water partition coefficient (Wildman–Crippen LogP) is 2.02. The maximum absolute atomic E-state index is 11.8. The largest absolute Gasteiger partial charge is 0.351 e. The first-order chi connectivity index (χ1) is 9.97. The number of nitrogens with zero attached hydrogens (tertiary/aromatic N) is 3. The van der Waals surface area contributed by atoms with Crippen LogP contribution >= 0.6 is 35.0 Å². The second-order valence-electron chi connectivity index (χ2n) is 4.20. The van der Waals surface area contributed by atoms with Crippen LogP contribution in [0.2, 0.25) is 10.0 Å². The molecule has 1 amide bonds. The number of aryl methyl sites for hydroxylation is 1. The average Bonchev–Trinajstić information content (AvgIpc) is 2.75. The summed E-state index contributed by atoms with van der Waals surface area (Å²) in [5.74, 6) is 6.33. The highest BCUT2D eigenvalue weighted by Gasteiger charge is 2.10. The maximum Gasteiger partial charge on any atom is 0.230 e. The Morgan fingerprint density at radius 2 is 2.19 bits per heavy atom. The molecule has 2 rings (SSSR count). The van der Waals surface area contributed by atoms with E-state index in [9.17, 15) is 4.79 Å². The van der Waals surface area contributed by atoms with Gasteiger partial charge in [0.1, 0.15) is 5.82 Å². The van der Waals surface area contributed by atoms with E-state index in [1.807, 2.05) is 0 Å². The van der Waals surface area contributed by atoms with Gasteiger partial charge < -0.3 is 11.2 Å². The van der Waals surface area contributed by atoms with Crippen LogP contribution in [0.4, 0.5) is 0 Å². The van der Waals surface area contributed by atoms with Gasteiger partial charge in [0.2, 0.25) is 11.1 Å². The molecule has 1 aromatic heterocycles. The smallest absolute Gasteiger partial charge is 0.230 e. The van der Waals surface area contributed by atoms with Gasteiger partial charge in [-0.05, 0) is 24.6 Å². The maximum atomic E-state index is 11.8. The first-order valence-corrected chi connectivity index (χ1v) is 7.72. The molecule has 0 spiro atoms. The van der Waals surface area contributed by atoms with Crippen LogP contribution in [0.15, 0.2) is 23.4 Å². The SMILES string of the molecule is Cc1nnc(SCC(=O)NCc2ccc(Cl)cc2Cl)n1N. The Morgan fingerprint density at radius 1 is 1.43 bits per heavy atom. The summed E-state index contributed by atoms with van der Waals surface area (Å²) < 4.78 is 1.34. The highest BCUT2D eigenvalue weighted by Crippen LogP contribution is 2.21. The monoisotopic (exact) mass is 345 g/mol. The summed E-state index contributed by atoms with van der Waals surface area (Å²) in [6.45, 7) is 2.07. The Morgan fingerprint density at radius 3 is 2.81 bits per heavy atom. The van der Waals surface area contributed by atoms with Gasteiger partial charge in [0.25, 0.3) is 0 Å². The van der Waals surface area contributed by atoms with Gasteiger partial charge in [-0.2, -0.15) is 0 Å². The number of rotatable bonds is 5. The number of nitrogen functional groups attached to an aromatic ring is 1. The summed E-state index contributed by atoms with van der Waals surface area (Å²) in [5.41, 5.74) is 0.803. The van der Waals surface area contributed by atoms with Gasteiger partial charge in [0.05, 0.1) is 5.75 Å². The summed E-state index contributed by atoms with van der Waals surface area (Å²) >= 11 is 13.1. The number of aromatic nitrogens is 3. The molecule has 6 nitrogen and oxygen atoms in total. The van der Waals surface area contributed by atoms with E-state index in [4.69, 9.17) is 29.0 Å². The van der Waals surface area contributed by atoms with Crippen molar-refractivity contribution in [1.82, 2.24) is 20.2 Å². The number of hydrogen-bond donors (Lipinski definition) is 2. The summed E-state index contributed by atoms with van der Waals surface area (Å²) in [7, 11) is 0. The number of thioether (sulfide) groups is 1. The molecule has 1 aromatic carbocycles. The molecule has 0 aliphatic heterocycles. The zero-order chi connectivity index (χ0) is 15.4. The van der Waals surface area contributed by atoms with Crippen LogP contribution in [-0.2, 0) is 11.3 Å². The van der Waals surface area contributed by atoms with E-state index in [1.54, 1.807) is 25.1 Å². The Hall–Kier alpha value is -1.44. The number of amides is 1. The number of hydrogen-bond acceptors (Lipinski definition) is 5. The van der Waals surface area contributed by atoms with Crippen LogP contribution in [0.3, 0.4) is 0 Å². The van der Waals surface area contributed by atoms with E-state index >= 15 is 0 Å². The van der Waals surface area contributed by atoms with Crippen LogP contribution in [-0.4, -0.2) is 26.5 Å². The van der Waals surface area contributed by atoms with E-state index in [-0.39, 0.29) is 11.7 Å². The molecule has 0 aliphatic rings. The number of halogens is 2. The van der Waals surface area contributed by atoms with Crippen LogP contribution in [0, 0.1) is 6.92 Å². The van der Waals surface area contributed by atoms with Crippen molar-refractivity contribution < 1.29 is 4.79 Å². The third-order valence-electron chi connectivity index (χ3n) is 2.66. The molecule has 0 fully saturated rings. The highest BCUT2D eigenvalue weighted by atomic mass is 35.5. The third-order valence-corrected chi connectivity index (χ3v) is 4.19. The van der Waals surface area contributed by atoms with Crippen LogP contribution in [0.1, 0.15) is 11.4 Å². The lowest BCUT2D eigenvalue weighted by molar-refractivity contribution is -0.118. The first kappa shape index (κ1) is 15.9. The van der Waals surface area contributed by atoms with E-state index in [2.05, 4.69) is 15.5 Å². The number of nitrogens with one attached hydrogen (secondary N) is 1. The Labute approximate surface area is 136 Å². The van der Waals surface area contributed by atoms with Crippen LogP contribution < -0.4 is 11.2 Å². The molecule has 0 aliphatic carbocycles. The Balaban J connectivity index is 1.83. The van der Waals surface area contributed by atoms with Gasteiger partial charge in [-0.3, -0.25) is 4.79 Å². The molecule has 21 heavy (non-hydrogen) atoms. The predicted molar refractivity (Wildman–Crippen MR) is 83.9 cm³/mol. The van der Waals surface area contributed by atoms with Crippen molar-refractivity contribution in [1.29, 1.82) is 0 Å². The van der Waals surface area contributed by atoms with Crippen LogP contribution in [0.5, 0.6) is 0 Å². The third kappa shape index (κ3) is 4.26. The van der Waals surface area contributed by atoms with Gasteiger partial charge in [0.15, 0.2) is 0 Å². The topological polar surface area (TPSA) is 85.8 Å². The fraction of sp³-hybridized carbons (Fsp3) is 0.250. The molecule has 112 valence electrons. The quantitative estimate of drug-likeness (QED) is 0.639. The summed E-state index contributed by atoms with van der Waals surface area (Å²) in [4.78, 5) is 11.8. The van der Waals surface area contributed by atoms with Gasteiger partial charge in [-0.25, -0.2) is 4.68 Å². The van der Waals surface area contributed by atoms with Gasteiger partial charge in [0, 0.05) is 16.6 Å². The minimum Gasteiger partial charge on any atom is -0.351 e. The highest BCUT2D eigenvalue weighted by molar-refractivity contribution is 7.99. The molecule has 0 saturated heterocycles. The summed E-state index contributed by atoms with van der Waals surface area (Å²) in [5, 5.41) is 12.0. The van der Waals surface area contributed by atoms with Crippen molar-refractivity contribution >= 4 is 40.9 Å². The normalized spacial score (nSPS) is 10.6. The fourth-order valence-corrected chi connectivity index (χ4v) is 2.70. The van der Waals surface area contributed by atoms with E-state index in [0.29, 0.717) is 27.6 Å². The number of benzene rings is 1. The lowest BCUT2D eigenvalue weighted by Crippen LogP contribution is -2.25. The van der Waals surface area contributed by atoms with Crippen LogP contribution in [0.25, 0.3) is 0 Å². The molecule has 3 N–H and O–H groups in total. The second kappa shape index (κ2) is 7.02. The fourth-order valence-electron chi connectivity index (χ4n) is 1.49. The van der Waals surface area contributed by atoms with Crippen molar-refractivity contribution in [2.24, 2.45) is 0 Å². The summed E-state index contributed by atoms with van der Waals surface area (Å²) in [6, 6.07) is 5.14. The number of nitrogens with two attached hydrogens (primary N) is 1. The first-order valence-electron chi connectivity index (χ1n) is 5.98. The van der Waals surface area contributed by atoms with E-state index < -0.39 is 0 Å². The number of carbonyl (C=O) groups is 1. The van der Waals surface area contributed by atoms with Gasteiger partial charge in [-0.15, -0.1) is 10.2 Å². The molecule has 0 unspecified atom stereocenters. The van der Waals surface area contributed by atoms with Crippen molar-refractivity contribution in [3.63, 3.8) is 0 Å². The van der Waals surface area contributed by atoms with E-state index in [0.717, 1.165) is 5.56 Å². The molecule has 0 atom stereocenters. The van der Waals surface area contributed by atoms with Gasteiger partial charge in [-0.1, -0.05) is 41.0 Å². The molecule has 9 heteroatoms. The van der Waals surface area contributed by atoms with Crippen molar-refractivity contribution in [3.8, 4) is 0 Å². The lowest BCUT2D eigenvalue weighted by atomic mass is 10.2. The Kier molecular flexibility index (Phi) is 5.33. The second-order valence-corrected chi connectivity index (χ2v) is 5.99. The van der Waals surface area contributed by atoms with E-state index in [1.165, 1.54) is 16.4 Å². The zero-order valence-electron chi connectivity index (χ0n) is 11.1. The van der Waals surface area contributed by atoms with Crippen molar-refractivity contribution in [3.05, 3.63) is 39.6 Å². The molecule has 0 saturated carbocycles. The zero-order valence-corrected chi connectivity index (χ0v) is 13.5.